The molecule has 0 saturated carbocycles. The summed E-state index contributed by atoms with van der Waals surface area (Å²) in [5, 5.41) is 7.65. The largest absolute Gasteiger partial charge is 0.0984 e. The molecule has 0 amide bonds. The smallest absolute Gasteiger partial charge is 0.00928 e. The van der Waals surface area contributed by atoms with Crippen molar-refractivity contribution in [2.45, 2.75) is 83.6 Å². The van der Waals surface area contributed by atoms with Crippen LogP contribution in [0.2, 0.25) is 0 Å². The normalized spacial score (nSPS) is 10.8. The average molecular weight is 715 g/mol. The first-order valence-electron chi connectivity index (χ1n) is 18.0. The van der Waals surface area contributed by atoms with Crippen molar-refractivity contribution in [1.82, 2.24) is 0 Å². The van der Waals surface area contributed by atoms with E-state index in [4.69, 9.17) is 0 Å². The molecule has 1 unspecified atom stereocenters. The van der Waals surface area contributed by atoms with E-state index in [-0.39, 0.29) is 29.7 Å². The van der Waals surface area contributed by atoms with Crippen LogP contribution in [0.3, 0.4) is 0 Å². The molecule has 54 heavy (non-hydrogen) atoms. The lowest BCUT2D eigenvalue weighted by Gasteiger charge is -2.13. The fraction of sp³-hybridized carbons (Fsp3) is 0.222. The number of benzene rings is 7. The second-order valence-electron chi connectivity index (χ2n) is 12.7. The maximum atomic E-state index is 4.39. The summed E-state index contributed by atoms with van der Waals surface area (Å²) in [6, 6.07) is 49.9. The van der Waals surface area contributed by atoms with Gasteiger partial charge in [-0.05, 0) is 121 Å². The van der Waals surface area contributed by atoms with Crippen LogP contribution < -0.4 is 0 Å². The van der Waals surface area contributed by atoms with Gasteiger partial charge >= 0.3 is 0 Å². The first-order chi connectivity index (χ1) is 24.4. The van der Waals surface area contributed by atoms with Crippen LogP contribution in [0.1, 0.15) is 97.6 Å². The molecule has 0 bridgehead atoms. The number of aryl methyl sites for hydroxylation is 2. The molecule has 0 heteroatoms. The van der Waals surface area contributed by atoms with Crippen LogP contribution >= 0.6 is 0 Å². The summed E-state index contributed by atoms with van der Waals surface area (Å²) < 4.78 is 0. The predicted octanol–water partition coefficient (Wildman–Crippen LogP) is 17.5. The zero-order valence-corrected chi connectivity index (χ0v) is 30.6. The Balaban J connectivity index is 0.000000741. The molecule has 0 heterocycles. The average Bonchev–Trinajstić information content (AvgIpc) is 3.18. The van der Waals surface area contributed by atoms with E-state index < -0.39 is 0 Å². The minimum atomic E-state index is 0. The van der Waals surface area contributed by atoms with E-state index in [1.165, 1.54) is 66.6 Å². The van der Waals surface area contributed by atoms with E-state index in [9.17, 15) is 0 Å². The van der Waals surface area contributed by atoms with Crippen LogP contribution in [0.4, 0.5) is 0 Å². The van der Waals surface area contributed by atoms with E-state index in [0.717, 1.165) is 22.3 Å². The Morgan fingerprint density at radius 1 is 0.556 bits per heavy atom. The Kier molecular flexibility index (Phi) is 18.9. The van der Waals surface area contributed by atoms with Crippen LogP contribution in [-0.4, -0.2) is 0 Å². The Hall–Kier alpha value is -5.46. The third kappa shape index (κ3) is 10.1. The summed E-state index contributed by atoms with van der Waals surface area (Å²) in [5.74, 6) is 0.705. The van der Waals surface area contributed by atoms with E-state index in [1.54, 1.807) is 0 Å². The molecule has 282 valence electrons. The van der Waals surface area contributed by atoms with Gasteiger partial charge in [-0.25, -0.2) is 0 Å². The standard InChI is InChI=1S/C37H28.C11H16.C2H6.4CH4/c1-4-27(23-26(3)28-17-19-29(20-18-28)31-12-6-5-11-25(31)2)30-21-22-36-34-15-8-7-13-32(34)33-14-9-10-16-35(33)37(36)24-30;1-4-9(2)11-8-6-5-7-10(11)3;1-2;;;;/h4-24H,1,3H2,2H3;5-9H,4H2,1-3H3;1-2H3;4*1H4/b27-23+;;;;;;. The molecule has 1 atom stereocenters. The molecule has 0 spiro atoms. The van der Waals surface area contributed by atoms with Gasteiger partial charge in [0.15, 0.2) is 0 Å². The van der Waals surface area contributed by atoms with Crippen LogP contribution in [0.5, 0.6) is 0 Å². The SMILES string of the molecule is C.C.C.C.C=C/C(=C\C(=C)c1ccc(-c2ccccc2C)cc1)c1ccc2c3ccccc3c3ccccc3c2c1.CC.CCC(C)c1ccccc1C. The fourth-order valence-corrected chi connectivity index (χ4v) is 6.74. The summed E-state index contributed by atoms with van der Waals surface area (Å²) in [7, 11) is 0. The quantitative estimate of drug-likeness (QED) is 0.114. The maximum absolute atomic E-state index is 4.39. The lowest BCUT2D eigenvalue weighted by Crippen LogP contribution is -1.93. The third-order valence-corrected chi connectivity index (χ3v) is 9.67. The molecule has 0 nitrogen and oxygen atoms in total. The summed E-state index contributed by atoms with van der Waals surface area (Å²) >= 11 is 0. The highest BCUT2D eigenvalue weighted by Gasteiger charge is 2.10. The van der Waals surface area contributed by atoms with Crippen LogP contribution in [0.25, 0.3) is 54.6 Å². The summed E-state index contributed by atoms with van der Waals surface area (Å²) in [6.45, 7) is 21.4. The first-order valence-corrected chi connectivity index (χ1v) is 18.0. The van der Waals surface area contributed by atoms with Gasteiger partial charge in [0.2, 0.25) is 0 Å². The molecule has 0 aliphatic carbocycles. The number of allylic oxidation sites excluding steroid dienone is 4. The lowest BCUT2D eigenvalue weighted by atomic mass is 9.91. The van der Waals surface area contributed by atoms with Gasteiger partial charge in [0, 0.05) is 0 Å². The second kappa shape index (κ2) is 21.9. The van der Waals surface area contributed by atoms with Crippen LogP contribution in [0, 0.1) is 13.8 Å². The topological polar surface area (TPSA) is 0 Å². The molecule has 7 aromatic rings. The van der Waals surface area contributed by atoms with Crippen molar-refractivity contribution in [1.29, 1.82) is 0 Å². The van der Waals surface area contributed by atoms with Crippen LogP contribution in [-0.2, 0) is 0 Å². The molecule has 0 aromatic heterocycles. The summed E-state index contributed by atoms with van der Waals surface area (Å²) in [4.78, 5) is 0. The zero-order chi connectivity index (χ0) is 35.6. The minimum absolute atomic E-state index is 0. The van der Waals surface area contributed by atoms with Crippen molar-refractivity contribution in [3.05, 3.63) is 193 Å². The molecule has 0 saturated heterocycles. The molecule has 0 fully saturated rings. The van der Waals surface area contributed by atoms with Crippen molar-refractivity contribution in [2.75, 3.05) is 0 Å². The Bertz CT molecular complexity index is 2240. The predicted molar refractivity (Wildman–Crippen MR) is 251 cm³/mol. The lowest BCUT2D eigenvalue weighted by molar-refractivity contribution is 0.728. The van der Waals surface area contributed by atoms with Gasteiger partial charge in [0.25, 0.3) is 0 Å². The monoisotopic (exact) mass is 715 g/mol. The Labute approximate surface area is 329 Å². The zero-order valence-electron chi connectivity index (χ0n) is 30.6. The van der Waals surface area contributed by atoms with E-state index in [1.807, 2.05) is 19.9 Å². The third-order valence-electron chi connectivity index (χ3n) is 9.67. The number of hydrogen-bond donors (Lipinski definition) is 0. The van der Waals surface area contributed by atoms with Crippen molar-refractivity contribution < 1.29 is 0 Å². The minimum Gasteiger partial charge on any atom is -0.0984 e. The molecule has 0 aliphatic rings. The van der Waals surface area contributed by atoms with Gasteiger partial charge in [-0.15, -0.1) is 0 Å². The molecule has 0 aliphatic heterocycles. The van der Waals surface area contributed by atoms with E-state index in [0.29, 0.717) is 5.92 Å². The molecular weight excluding hydrogens is 649 g/mol. The van der Waals surface area contributed by atoms with Crippen LogP contribution in [0.15, 0.2) is 165 Å². The summed E-state index contributed by atoms with van der Waals surface area (Å²) in [5.41, 5.74) is 10.9. The first kappa shape index (κ1) is 46.6. The highest BCUT2D eigenvalue weighted by molar-refractivity contribution is 6.25. The van der Waals surface area contributed by atoms with E-state index in [2.05, 4.69) is 186 Å². The van der Waals surface area contributed by atoms with Gasteiger partial charge in [-0.2, -0.15) is 0 Å². The number of hydrogen-bond acceptors (Lipinski definition) is 0. The van der Waals surface area contributed by atoms with Gasteiger partial charge in [0.05, 0.1) is 0 Å². The molecular formula is C54H66. The van der Waals surface area contributed by atoms with Gasteiger partial charge < -0.3 is 0 Å². The van der Waals surface area contributed by atoms with Gasteiger partial charge in [-0.1, -0.05) is 210 Å². The van der Waals surface area contributed by atoms with Crippen molar-refractivity contribution in [3.8, 4) is 11.1 Å². The summed E-state index contributed by atoms with van der Waals surface area (Å²) in [6.07, 6.45) is 5.29. The second-order valence-corrected chi connectivity index (χ2v) is 12.7. The van der Waals surface area contributed by atoms with Gasteiger partial charge in [-0.3, -0.25) is 0 Å². The van der Waals surface area contributed by atoms with E-state index >= 15 is 0 Å². The highest BCUT2D eigenvalue weighted by atomic mass is 14.1. The molecule has 0 radical (unpaired) electrons. The van der Waals surface area contributed by atoms with Crippen molar-refractivity contribution >= 4 is 43.5 Å². The molecule has 7 rings (SSSR count). The number of fused-ring (bicyclic) bond motifs is 6. The highest BCUT2D eigenvalue weighted by Crippen LogP contribution is 2.37. The number of rotatable bonds is 7. The Morgan fingerprint density at radius 2 is 1.00 bits per heavy atom. The van der Waals surface area contributed by atoms with Gasteiger partial charge in [0.1, 0.15) is 0 Å². The molecule has 7 aromatic carbocycles. The van der Waals surface area contributed by atoms with Crippen molar-refractivity contribution in [2.24, 2.45) is 0 Å². The van der Waals surface area contributed by atoms with Crippen molar-refractivity contribution in [3.63, 3.8) is 0 Å². The molecule has 0 N–H and O–H groups in total. The fourth-order valence-electron chi connectivity index (χ4n) is 6.74. The maximum Gasteiger partial charge on any atom is -0.00928 e. The Morgan fingerprint density at radius 3 is 1.50 bits per heavy atom.